The number of hydrogen-bond acceptors (Lipinski definition) is 4. The summed E-state index contributed by atoms with van der Waals surface area (Å²) >= 11 is 0. The van der Waals surface area contributed by atoms with Gasteiger partial charge in [-0.1, -0.05) is 36.9 Å². The highest BCUT2D eigenvalue weighted by Crippen LogP contribution is 2.45. The van der Waals surface area contributed by atoms with Crippen LogP contribution in [0.1, 0.15) is 20.8 Å². The lowest BCUT2D eigenvalue weighted by atomic mass is 10.0. The Morgan fingerprint density at radius 2 is 1.58 bits per heavy atom. The fourth-order valence-corrected chi connectivity index (χ4v) is 2.25. The monoisotopic (exact) mass is 326 g/mol. The molecule has 0 amide bonds. The van der Waals surface area contributed by atoms with Crippen molar-refractivity contribution in [2.24, 2.45) is 0 Å². The molecule has 24 heavy (non-hydrogen) atoms. The molecular weight excluding hydrogens is 304 g/mol. The minimum atomic E-state index is -0.487. The summed E-state index contributed by atoms with van der Waals surface area (Å²) in [5.74, 6) is 1.04. The highest BCUT2D eigenvalue weighted by atomic mass is 16.6. The molecule has 0 radical (unpaired) electrons. The van der Waals surface area contributed by atoms with Gasteiger partial charge in [-0.3, -0.25) is 0 Å². The maximum atomic E-state index is 11.9. The van der Waals surface area contributed by atoms with Crippen molar-refractivity contribution in [3.05, 3.63) is 54.6 Å². The second kappa shape index (κ2) is 8.20. The first-order chi connectivity index (χ1) is 11.6. The summed E-state index contributed by atoms with van der Waals surface area (Å²) in [5, 5.41) is 0. The number of carbonyl (C=O) groups is 1. The molecule has 0 aromatic heterocycles. The van der Waals surface area contributed by atoms with Crippen molar-refractivity contribution in [3.8, 4) is 28.4 Å². The van der Waals surface area contributed by atoms with Gasteiger partial charge in [0.15, 0.2) is 11.5 Å². The van der Waals surface area contributed by atoms with Crippen molar-refractivity contribution in [1.82, 2.24) is 0 Å². The zero-order valence-electron chi connectivity index (χ0n) is 14.3. The fourth-order valence-electron chi connectivity index (χ4n) is 2.25. The van der Waals surface area contributed by atoms with Gasteiger partial charge in [-0.15, -0.1) is 0 Å². The van der Waals surface area contributed by atoms with Gasteiger partial charge in [0.05, 0.1) is 18.8 Å². The molecule has 0 bridgehead atoms. The highest BCUT2D eigenvalue weighted by Gasteiger charge is 2.20. The minimum Gasteiger partial charge on any atom is -0.493 e. The van der Waals surface area contributed by atoms with E-state index in [-0.39, 0.29) is 0 Å². The number of esters is 1. The molecule has 0 aliphatic carbocycles. The normalized spacial score (nSPS) is 10.1. The molecule has 2 aromatic rings. The molecule has 2 aromatic carbocycles. The van der Waals surface area contributed by atoms with Crippen LogP contribution in [0.5, 0.6) is 17.2 Å². The molecule has 0 spiro atoms. The van der Waals surface area contributed by atoms with Crippen LogP contribution in [-0.2, 0) is 4.79 Å². The summed E-state index contributed by atoms with van der Waals surface area (Å²) in [5.41, 5.74) is 2.02. The minimum absolute atomic E-state index is 0.326. The van der Waals surface area contributed by atoms with Crippen molar-refractivity contribution in [3.63, 3.8) is 0 Å². The van der Waals surface area contributed by atoms with Crippen molar-refractivity contribution in [2.75, 3.05) is 13.2 Å². The first-order valence-corrected chi connectivity index (χ1v) is 7.94. The summed E-state index contributed by atoms with van der Waals surface area (Å²) in [6.45, 7) is 9.98. The van der Waals surface area contributed by atoms with Gasteiger partial charge in [0.25, 0.3) is 0 Å². The molecule has 0 aliphatic rings. The molecule has 0 saturated heterocycles. The van der Waals surface area contributed by atoms with Gasteiger partial charge < -0.3 is 14.2 Å². The second-order valence-electron chi connectivity index (χ2n) is 5.17. The summed E-state index contributed by atoms with van der Waals surface area (Å²) in [7, 11) is 0. The number of ether oxygens (including phenoxy) is 3. The smallest absolute Gasteiger partial charge is 0.338 e. The average molecular weight is 326 g/mol. The summed E-state index contributed by atoms with van der Waals surface area (Å²) < 4.78 is 17.0. The number of carbonyl (C=O) groups excluding carboxylic acids is 1. The summed E-state index contributed by atoms with van der Waals surface area (Å²) in [4.78, 5) is 11.9. The van der Waals surface area contributed by atoms with E-state index in [9.17, 15) is 4.79 Å². The molecule has 0 aliphatic heterocycles. The van der Waals surface area contributed by atoms with E-state index in [1.165, 1.54) is 0 Å². The van der Waals surface area contributed by atoms with Gasteiger partial charge in [0.1, 0.15) is 5.75 Å². The Morgan fingerprint density at radius 3 is 2.17 bits per heavy atom. The van der Waals surface area contributed by atoms with Crippen molar-refractivity contribution < 1.29 is 19.0 Å². The van der Waals surface area contributed by atoms with Crippen LogP contribution in [0.25, 0.3) is 11.1 Å². The Hall–Kier alpha value is -2.75. The van der Waals surface area contributed by atoms with Gasteiger partial charge in [0.2, 0.25) is 0 Å². The molecule has 4 heteroatoms. The lowest BCUT2D eigenvalue weighted by Crippen LogP contribution is -2.10. The van der Waals surface area contributed by atoms with Crippen molar-refractivity contribution in [1.29, 1.82) is 0 Å². The van der Waals surface area contributed by atoms with E-state index in [0.29, 0.717) is 36.0 Å². The third-order valence-electron chi connectivity index (χ3n) is 3.29. The fraction of sp³-hybridized carbons (Fsp3) is 0.250. The lowest BCUT2D eigenvalue weighted by Gasteiger charge is -2.18. The number of benzene rings is 2. The Labute approximate surface area is 142 Å². The maximum absolute atomic E-state index is 11.9. The van der Waals surface area contributed by atoms with E-state index in [1.807, 2.05) is 44.2 Å². The molecule has 0 unspecified atom stereocenters. The third-order valence-corrected chi connectivity index (χ3v) is 3.29. The van der Waals surface area contributed by atoms with Gasteiger partial charge in [-0.05, 0) is 38.5 Å². The van der Waals surface area contributed by atoms with Crippen LogP contribution < -0.4 is 14.2 Å². The molecule has 0 N–H and O–H groups in total. The Bertz CT molecular complexity index is 720. The van der Waals surface area contributed by atoms with Crippen LogP contribution in [0.4, 0.5) is 0 Å². The molecule has 0 atom stereocenters. The predicted molar refractivity (Wildman–Crippen MR) is 94.7 cm³/mol. The largest absolute Gasteiger partial charge is 0.493 e. The van der Waals surface area contributed by atoms with E-state index in [0.717, 1.165) is 11.1 Å². The van der Waals surface area contributed by atoms with Gasteiger partial charge in [-0.25, -0.2) is 4.79 Å². The Balaban J connectivity index is 2.62. The Kier molecular flexibility index (Phi) is 6.01. The predicted octanol–water partition coefficient (Wildman–Crippen LogP) is 4.63. The van der Waals surface area contributed by atoms with E-state index in [4.69, 9.17) is 14.2 Å². The van der Waals surface area contributed by atoms with Gasteiger partial charge >= 0.3 is 5.97 Å². The first kappa shape index (κ1) is 17.6. The first-order valence-electron chi connectivity index (χ1n) is 7.94. The summed E-state index contributed by atoms with van der Waals surface area (Å²) in [6, 6.07) is 13.2. The van der Waals surface area contributed by atoms with Crippen molar-refractivity contribution in [2.45, 2.75) is 20.8 Å². The molecule has 0 heterocycles. The highest BCUT2D eigenvalue weighted by molar-refractivity contribution is 5.90. The standard InChI is InChI=1S/C20H22O4/c1-5-22-16-12-13-17(24-20(21)14(3)4)19(23-6-2)18(16)15-10-8-7-9-11-15/h7-13H,3,5-6H2,1-2,4H3. The van der Waals surface area contributed by atoms with Crippen LogP contribution in [0.15, 0.2) is 54.6 Å². The van der Waals surface area contributed by atoms with E-state index in [1.54, 1.807) is 19.1 Å². The molecule has 0 saturated carbocycles. The molecule has 126 valence electrons. The van der Waals surface area contributed by atoms with Crippen molar-refractivity contribution >= 4 is 5.97 Å². The zero-order valence-corrected chi connectivity index (χ0v) is 14.3. The van der Waals surface area contributed by atoms with Crippen LogP contribution in [0.3, 0.4) is 0 Å². The van der Waals surface area contributed by atoms with Crippen LogP contribution >= 0.6 is 0 Å². The number of rotatable bonds is 7. The SMILES string of the molecule is C=C(C)C(=O)Oc1ccc(OCC)c(-c2ccccc2)c1OCC. The average Bonchev–Trinajstić information content (AvgIpc) is 2.58. The van der Waals surface area contributed by atoms with E-state index >= 15 is 0 Å². The Morgan fingerprint density at radius 1 is 0.958 bits per heavy atom. The maximum Gasteiger partial charge on any atom is 0.338 e. The topological polar surface area (TPSA) is 44.8 Å². The quantitative estimate of drug-likeness (QED) is 0.423. The van der Waals surface area contributed by atoms with Crippen LogP contribution in [-0.4, -0.2) is 19.2 Å². The number of hydrogen-bond donors (Lipinski definition) is 0. The molecular formula is C20H22O4. The van der Waals surface area contributed by atoms with Crippen LogP contribution in [0, 0.1) is 0 Å². The summed E-state index contributed by atoms with van der Waals surface area (Å²) in [6.07, 6.45) is 0. The third kappa shape index (κ3) is 3.96. The lowest BCUT2D eigenvalue weighted by molar-refractivity contribution is -0.130. The van der Waals surface area contributed by atoms with Gasteiger partial charge in [0, 0.05) is 5.57 Å². The van der Waals surface area contributed by atoms with Crippen LogP contribution in [0.2, 0.25) is 0 Å². The van der Waals surface area contributed by atoms with E-state index in [2.05, 4.69) is 6.58 Å². The molecule has 4 nitrogen and oxygen atoms in total. The molecule has 0 fully saturated rings. The zero-order chi connectivity index (χ0) is 17.5. The van der Waals surface area contributed by atoms with E-state index < -0.39 is 5.97 Å². The second-order valence-corrected chi connectivity index (χ2v) is 5.17. The van der Waals surface area contributed by atoms with Gasteiger partial charge in [-0.2, -0.15) is 0 Å². The molecule has 2 rings (SSSR count).